The first-order valence-corrected chi connectivity index (χ1v) is 9.42. The van der Waals surface area contributed by atoms with Gasteiger partial charge >= 0.3 is 12.4 Å². The molecule has 5 nitrogen and oxygen atoms in total. The number of carbonyl (C=O) groups excluding carboxylic acids is 1. The van der Waals surface area contributed by atoms with Crippen LogP contribution in [0.25, 0.3) is 11.3 Å². The normalized spacial score (nSPS) is 15.5. The molecule has 0 saturated carbocycles. The summed E-state index contributed by atoms with van der Waals surface area (Å²) in [5, 5.41) is 0. The Morgan fingerprint density at radius 3 is 1.84 bits per heavy atom. The largest absolute Gasteiger partial charge is 0.446 e. The van der Waals surface area contributed by atoms with Crippen molar-refractivity contribution in [2.24, 2.45) is 0 Å². The SMILES string of the molecule is CC(C)N1CCN(c2cnc(-c3ccc(C(F)(F)F)cc3)cn2)CC1.O=CC(F)(F)F. The molecule has 1 saturated heterocycles. The van der Waals surface area contributed by atoms with Crippen LogP contribution < -0.4 is 4.90 Å². The minimum Gasteiger partial charge on any atom is -0.353 e. The van der Waals surface area contributed by atoms with Crippen LogP contribution >= 0.6 is 0 Å². The van der Waals surface area contributed by atoms with Crippen LogP contribution in [0, 0.1) is 0 Å². The Hall–Kier alpha value is -2.69. The van der Waals surface area contributed by atoms with Gasteiger partial charge in [-0.15, -0.1) is 0 Å². The van der Waals surface area contributed by atoms with Gasteiger partial charge in [-0.3, -0.25) is 14.7 Å². The van der Waals surface area contributed by atoms with Crippen LogP contribution in [-0.4, -0.2) is 59.6 Å². The first kappa shape index (κ1) is 24.6. The third-order valence-electron chi connectivity index (χ3n) is 4.65. The van der Waals surface area contributed by atoms with Crippen molar-refractivity contribution in [2.75, 3.05) is 31.1 Å². The first-order chi connectivity index (χ1) is 14.4. The Kier molecular flexibility index (Phi) is 7.99. The summed E-state index contributed by atoms with van der Waals surface area (Å²) in [7, 11) is 0. The lowest BCUT2D eigenvalue weighted by Crippen LogP contribution is -2.49. The Morgan fingerprint density at radius 2 is 1.45 bits per heavy atom. The molecule has 3 rings (SSSR count). The van der Waals surface area contributed by atoms with Crippen LogP contribution in [0.2, 0.25) is 0 Å². The molecule has 0 unspecified atom stereocenters. The predicted molar refractivity (Wildman–Crippen MR) is 104 cm³/mol. The maximum Gasteiger partial charge on any atom is 0.446 e. The van der Waals surface area contributed by atoms with Crippen LogP contribution in [0.15, 0.2) is 36.7 Å². The lowest BCUT2D eigenvalue weighted by atomic mass is 10.1. The summed E-state index contributed by atoms with van der Waals surface area (Å²) in [5.41, 5.74) is 0.527. The number of rotatable bonds is 3. The van der Waals surface area contributed by atoms with Gasteiger partial charge in [0.2, 0.25) is 6.29 Å². The maximum atomic E-state index is 12.6. The van der Waals surface area contributed by atoms with E-state index in [1.807, 2.05) is 0 Å². The van der Waals surface area contributed by atoms with Gasteiger partial charge in [0.1, 0.15) is 5.82 Å². The summed E-state index contributed by atoms with van der Waals surface area (Å²) in [6.07, 6.45) is -6.72. The highest BCUT2D eigenvalue weighted by molar-refractivity contribution is 5.59. The second kappa shape index (κ2) is 10.1. The fourth-order valence-electron chi connectivity index (χ4n) is 2.93. The zero-order valence-corrected chi connectivity index (χ0v) is 16.9. The summed E-state index contributed by atoms with van der Waals surface area (Å²) < 4.78 is 69.1. The van der Waals surface area contributed by atoms with E-state index in [0.29, 0.717) is 17.3 Å². The van der Waals surface area contributed by atoms with Crippen molar-refractivity contribution < 1.29 is 31.1 Å². The Bertz CT molecular complexity index is 827. The number of benzene rings is 1. The number of anilines is 1. The van der Waals surface area contributed by atoms with E-state index in [-0.39, 0.29) is 0 Å². The van der Waals surface area contributed by atoms with Crippen LogP contribution in [0.3, 0.4) is 0 Å². The molecule has 0 amide bonds. The third kappa shape index (κ3) is 7.50. The Morgan fingerprint density at radius 1 is 0.903 bits per heavy atom. The minimum atomic E-state index is -4.64. The zero-order valence-electron chi connectivity index (χ0n) is 16.9. The molecule has 1 aromatic carbocycles. The van der Waals surface area contributed by atoms with Crippen molar-refractivity contribution in [2.45, 2.75) is 32.2 Å². The molecule has 1 aliphatic rings. The predicted octanol–water partition coefficient (Wildman–Crippen LogP) is 4.44. The molecule has 0 aliphatic carbocycles. The standard InChI is InChI=1S/C18H21F3N4.C2HF3O/c1-13(2)24-7-9-25(10-8-24)17-12-22-16(11-23-17)14-3-5-15(6-4-14)18(19,20)21;3-2(4,5)1-6/h3-6,11-13H,7-10H2,1-2H3;1H. The molecule has 2 heterocycles. The molecule has 0 radical (unpaired) electrons. The summed E-state index contributed by atoms with van der Waals surface area (Å²) >= 11 is 0. The number of nitrogens with zero attached hydrogens (tertiary/aromatic N) is 4. The number of hydrogen-bond donors (Lipinski definition) is 0. The highest BCUT2D eigenvalue weighted by Gasteiger charge is 2.30. The van der Waals surface area contributed by atoms with Crippen molar-refractivity contribution in [3.63, 3.8) is 0 Å². The van der Waals surface area contributed by atoms with Gasteiger partial charge in [-0.25, -0.2) is 4.98 Å². The first-order valence-electron chi connectivity index (χ1n) is 9.42. The smallest absolute Gasteiger partial charge is 0.353 e. The Balaban J connectivity index is 0.000000501. The van der Waals surface area contributed by atoms with Gasteiger partial charge < -0.3 is 4.90 Å². The van der Waals surface area contributed by atoms with E-state index in [1.165, 1.54) is 12.1 Å². The van der Waals surface area contributed by atoms with Crippen LogP contribution in [0.1, 0.15) is 19.4 Å². The molecule has 31 heavy (non-hydrogen) atoms. The summed E-state index contributed by atoms with van der Waals surface area (Å²) in [6.45, 7) is 8.14. The molecular weight excluding hydrogens is 426 g/mol. The molecule has 2 aromatic rings. The monoisotopic (exact) mass is 448 g/mol. The summed E-state index contributed by atoms with van der Waals surface area (Å²) in [4.78, 5) is 22.1. The Labute approximate surface area is 175 Å². The van der Waals surface area contributed by atoms with Crippen LogP contribution in [0.4, 0.5) is 32.2 Å². The van der Waals surface area contributed by atoms with E-state index >= 15 is 0 Å². The molecule has 11 heteroatoms. The van der Waals surface area contributed by atoms with Gasteiger partial charge in [-0.1, -0.05) is 12.1 Å². The van der Waals surface area contributed by atoms with Crippen LogP contribution in [0.5, 0.6) is 0 Å². The molecule has 0 bridgehead atoms. The summed E-state index contributed by atoms with van der Waals surface area (Å²) in [5.74, 6) is 0.805. The van der Waals surface area contributed by atoms with E-state index < -0.39 is 24.2 Å². The van der Waals surface area contributed by atoms with E-state index in [0.717, 1.165) is 44.1 Å². The van der Waals surface area contributed by atoms with Gasteiger partial charge in [0.25, 0.3) is 0 Å². The maximum absolute atomic E-state index is 12.6. The zero-order chi connectivity index (χ0) is 23.2. The molecular formula is C20H22F6N4O. The average Bonchev–Trinajstić information content (AvgIpc) is 2.73. The lowest BCUT2D eigenvalue weighted by molar-refractivity contribution is -0.156. The number of hydrogen-bond acceptors (Lipinski definition) is 5. The van der Waals surface area contributed by atoms with Crippen LogP contribution in [-0.2, 0) is 11.0 Å². The number of alkyl halides is 6. The van der Waals surface area contributed by atoms with Gasteiger partial charge in [0.15, 0.2) is 0 Å². The van der Waals surface area contributed by atoms with Gasteiger partial charge in [0.05, 0.1) is 23.7 Å². The number of aldehydes is 1. The number of carbonyl (C=O) groups is 1. The van der Waals surface area contributed by atoms with E-state index in [1.54, 1.807) is 12.4 Å². The van der Waals surface area contributed by atoms with Crippen molar-refractivity contribution in [3.05, 3.63) is 42.2 Å². The second-order valence-electron chi connectivity index (χ2n) is 7.11. The molecule has 1 aromatic heterocycles. The minimum absolute atomic E-state index is 0.537. The molecule has 0 atom stereocenters. The van der Waals surface area contributed by atoms with Crippen molar-refractivity contribution in [1.82, 2.24) is 14.9 Å². The summed E-state index contributed by atoms with van der Waals surface area (Å²) in [6, 6.07) is 5.52. The fraction of sp³-hybridized carbons (Fsp3) is 0.450. The lowest BCUT2D eigenvalue weighted by Gasteiger charge is -2.37. The quantitative estimate of drug-likeness (QED) is 0.513. The highest BCUT2D eigenvalue weighted by atomic mass is 19.4. The fourth-order valence-corrected chi connectivity index (χ4v) is 2.93. The number of piperazine rings is 1. The molecule has 170 valence electrons. The molecule has 1 fully saturated rings. The molecule has 0 N–H and O–H groups in total. The van der Waals surface area contributed by atoms with Gasteiger partial charge in [0, 0.05) is 37.8 Å². The van der Waals surface area contributed by atoms with E-state index in [9.17, 15) is 26.3 Å². The van der Waals surface area contributed by atoms with Gasteiger partial charge in [-0.05, 0) is 26.0 Å². The molecule has 1 aliphatic heterocycles. The van der Waals surface area contributed by atoms with Crippen molar-refractivity contribution >= 4 is 12.1 Å². The van der Waals surface area contributed by atoms with Crippen molar-refractivity contribution in [1.29, 1.82) is 0 Å². The van der Waals surface area contributed by atoms with E-state index in [2.05, 4.69) is 33.6 Å². The second-order valence-corrected chi connectivity index (χ2v) is 7.11. The average molecular weight is 448 g/mol. The molecule has 0 spiro atoms. The van der Waals surface area contributed by atoms with E-state index in [4.69, 9.17) is 4.79 Å². The third-order valence-corrected chi connectivity index (χ3v) is 4.65. The van der Waals surface area contributed by atoms with Crippen molar-refractivity contribution in [3.8, 4) is 11.3 Å². The topological polar surface area (TPSA) is 49.3 Å². The highest BCUT2D eigenvalue weighted by Crippen LogP contribution is 2.30. The van der Waals surface area contributed by atoms with Gasteiger partial charge in [-0.2, -0.15) is 26.3 Å². The number of aromatic nitrogens is 2. The number of halogens is 6.